The van der Waals surface area contributed by atoms with Crippen molar-refractivity contribution in [1.82, 2.24) is 10.3 Å². The number of hydrogen-bond acceptors (Lipinski definition) is 2. The molecule has 2 aromatic heterocycles. The number of fused-ring (bicyclic) bond motifs is 2. The molecule has 0 unspecified atom stereocenters. The Labute approximate surface area is 164 Å². The summed E-state index contributed by atoms with van der Waals surface area (Å²) in [5.74, 6) is -0.150. The number of amides is 1. The number of thiophene rings is 1. The number of aromatic nitrogens is 1. The van der Waals surface area contributed by atoms with Crippen molar-refractivity contribution in [2.24, 2.45) is 0 Å². The minimum Gasteiger partial charge on any atom is -0.361 e. The highest BCUT2D eigenvalue weighted by atomic mass is 35.5. The van der Waals surface area contributed by atoms with Crippen LogP contribution in [-0.2, 0) is 6.42 Å². The minimum atomic E-state index is -0.150. The third kappa shape index (κ3) is 3.20. The van der Waals surface area contributed by atoms with Crippen LogP contribution in [0, 0.1) is 6.92 Å². The van der Waals surface area contributed by atoms with E-state index in [1.807, 2.05) is 18.3 Å². The van der Waals surface area contributed by atoms with Gasteiger partial charge < -0.3 is 10.3 Å². The third-order valence-electron chi connectivity index (χ3n) is 4.40. The van der Waals surface area contributed by atoms with Crippen LogP contribution < -0.4 is 5.32 Å². The van der Waals surface area contributed by atoms with Gasteiger partial charge in [-0.2, -0.15) is 0 Å². The second kappa shape index (κ2) is 6.95. The van der Waals surface area contributed by atoms with Crippen LogP contribution in [0.2, 0.25) is 10.0 Å². The van der Waals surface area contributed by atoms with Gasteiger partial charge in [-0.25, -0.2) is 0 Å². The van der Waals surface area contributed by atoms with Gasteiger partial charge in [0.05, 0.1) is 5.02 Å². The SMILES string of the molecule is Cc1ccc2[nH]cc(CCNC(=O)c3sc4cc(Cl)ccc4c3Cl)c2c1. The van der Waals surface area contributed by atoms with Crippen LogP contribution in [0.25, 0.3) is 21.0 Å². The van der Waals surface area contributed by atoms with E-state index in [9.17, 15) is 4.79 Å². The average molecular weight is 403 g/mol. The smallest absolute Gasteiger partial charge is 0.262 e. The fraction of sp³-hybridized carbons (Fsp3) is 0.150. The van der Waals surface area contributed by atoms with E-state index < -0.39 is 0 Å². The van der Waals surface area contributed by atoms with E-state index in [1.54, 1.807) is 6.07 Å². The van der Waals surface area contributed by atoms with Crippen LogP contribution in [0.3, 0.4) is 0 Å². The number of carbonyl (C=O) groups excluding carboxylic acids is 1. The molecular formula is C20H16Cl2N2OS. The monoisotopic (exact) mass is 402 g/mol. The van der Waals surface area contributed by atoms with Gasteiger partial charge in [0.25, 0.3) is 5.91 Å². The van der Waals surface area contributed by atoms with Crippen LogP contribution >= 0.6 is 34.5 Å². The Hall–Kier alpha value is -2.01. The maximum absolute atomic E-state index is 12.5. The summed E-state index contributed by atoms with van der Waals surface area (Å²) in [6, 6.07) is 11.8. The molecule has 2 heterocycles. The molecule has 0 saturated carbocycles. The Morgan fingerprint density at radius 3 is 2.85 bits per heavy atom. The fourth-order valence-electron chi connectivity index (χ4n) is 3.08. The summed E-state index contributed by atoms with van der Waals surface area (Å²) in [4.78, 5) is 16.3. The number of aromatic amines is 1. The lowest BCUT2D eigenvalue weighted by Crippen LogP contribution is -2.25. The second-order valence-corrected chi connectivity index (χ2v) is 8.12. The molecule has 0 aliphatic carbocycles. The van der Waals surface area contributed by atoms with E-state index in [0.717, 1.165) is 22.0 Å². The van der Waals surface area contributed by atoms with Gasteiger partial charge in [-0.3, -0.25) is 4.79 Å². The summed E-state index contributed by atoms with van der Waals surface area (Å²) < 4.78 is 0.916. The zero-order valence-corrected chi connectivity index (χ0v) is 16.4. The number of hydrogen-bond donors (Lipinski definition) is 2. The molecule has 2 N–H and O–H groups in total. The maximum Gasteiger partial charge on any atom is 0.262 e. The molecule has 0 spiro atoms. The van der Waals surface area contributed by atoms with Gasteiger partial charge >= 0.3 is 0 Å². The van der Waals surface area contributed by atoms with Gasteiger partial charge in [-0.05, 0) is 43.2 Å². The summed E-state index contributed by atoms with van der Waals surface area (Å²) in [6.07, 6.45) is 2.76. The first-order valence-electron chi connectivity index (χ1n) is 8.25. The quantitative estimate of drug-likeness (QED) is 0.433. The molecule has 0 atom stereocenters. The fourth-order valence-corrected chi connectivity index (χ4v) is 4.78. The number of carbonyl (C=O) groups is 1. The normalized spacial score (nSPS) is 11.3. The molecule has 0 aliphatic rings. The lowest BCUT2D eigenvalue weighted by molar-refractivity contribution is 0.0958. The van der Waals surface area contributed by atoms with Crippen molar-refractivity contribution in [3.05, 3.63) is 68.6 Å². The molecule has 4 rings (SSSR count). The summed E-state index contributed by atoms with van der Waals surface area (Å²) in [6.45, 7) is 2.62. The lowest BCUT2D eigenvalue weighted by Gasteiger charge is -2.04. The van der Waals surface area contributed by atoms with Crippen LogP contribution in [0.5, 0.6) is 0 Å². The van der Waals surface area contributed by atoms with E-state index in [4.69, 9.17) is 23.2 Å². The lowest BCUT2D eigenvalue weighted by atomic mass is 10.1. The zero-order valence-electron chi connectivity index (χ0n) is 14.0. The van der Waals surface area contributed by atoms with E-state index in [0.29, 0.717) is 21.5 Å². The predicted octanol–water partition coefficient (Wildman–Crippen LogP) is 5.97. The molecule has 2 aromatic carbocycles. The summed E-state index contributed by atoms with van der Waals surface area (Å²) >= 11 is 13.8. The highest BCUT2D eigenvalue weighted by molar-refractivity contribution is 7.21. The van der Waals surface area contributed by atoms with E-state index in [-0.39, 0.29) is 5.91 Å². The topological polar surface area (TPSA) is 44.9 Å². The molecule has 26 heavy (non-hydrogen) atoms. The van der Waals surface area contributed by atoms with Crippen molar-refractivity contribution in [2.75, 3.05) is 6.54 Å². The average Bonchev–Trinajstić information content (AvgIpc) is 3.16. The van der Waals surface area contributed by atoms with Crippen LogP contribution in [0.4, 0.5) is 0 Å². The van der Waals surface area contributed by atoms with Crippen molar-refractivity contribution in [2.45, 2.75) is 13.3 Å². The first kappa shape index (κ1) is 17.4. The molecular weight excluding hydrogens is 387 g/mol. The third-order valence-corrected chi connectivity index (χ3v) is 6.29. The number of benzene rings is 2. The van der Waals surface area contributed by atoms with Crippen molar-refractivity contribution in [3.63, 3.8) is 0 Å². The van der Waals surface area contributed by atoms with E-state index in [1.165, 1.54) is 27.8 Å². The van der Waals surface area contributed by atoms with Crippen molar-refractivity contribution < 1.29 is 4.79 Å². The van der Waals surface area contributed by atoms with E-state index >= 15 is 0 Å². The first-order chi connectivity index (χ1) is 12.5. The van der Waals surface area contributed by atoms with Crippen molar-refractivity contribution in [3.8, 4) is 0 Å². The van der Waals surface area contributed by atoms with Gasteiger partial charge in [0.1, 0.15) is 4.88 Å². The molecule has 1 amide bonds. The molecule has 132 valence electrons. The van der Waals surface area contributed by atoms with Crippen LogP contribution in [0.1, 0.15) is 20.8 Å². The number of H-pyrrole nitrogens is 1. The van der Waals surface area contributed by atoms with Crippen molar-refractivity contribution >= 4 is 61.4 Å². The predicted molar refractivity (Wildman–Crippen MR) is 111 cm³/mol. The molecule has 0 aliphatic heterocycles. The second-order valence-electron chi connectivity index (χ2n) is 6.25. The molecule has 6 heteroatoms. The number of nitrogens with one attached hydrogen (secondary N) is 2. The van der Waals surface area contributed by atoms with Gasteiger partial charge in [0.15, 0.2) is 0 Å². The van der Waals surface area contributed by atoms with Gasteiger partial charge in [-0.15, -0.1) is 11.3 Å². The number of rotatable bonds is 4. The molecule has 0 radical (unpaired) electrons. The molecule has 4 aromatic rings. The van der Waals surface area contributed by atoms with Crippen LogP contribution in [-0.4, -0.2) is 17.4 Å². The summed E-state index contributed by atoms with van der Waals surface area (Å²) in [5.41, 5.74) is 3.53. The summed E-state index contributed by atoms with van der Waals surface area (Å²) in [5, 5.41) is 6.16. The zero-order chi connectivity index (χ0) is 18.3. The molecule has 0 fully saturated rings. The van der Waals surface area contributed by atoms with Gasteiger partial charge in [0, 0.05) is 38.8 Å². The Balaban J connectivity index is 1.48. The molecule has 3 nitrogen and oxygen atoms in total. The largest absolute Gasteiger partial charge is 0.361 e. The molecule has 0 saturated heterocycles. The Morgan fingerprint density at radius 2 is 2.00 bits per heavy atom. The Morgan fingerprint density at radius 1 is 1.15 bits per heavy atom. The Bertz CT molecular complexity index is 1130. The van der Waals surface area contributed by atoms with Crippen molar-refractivity contribution in [1.29, 1.82) is 0 Å². The summed E-state index contributed by atoms with van der Waals surface area (Å²) in [7, 11) is 0. The highest BCUT2D eigenvalue weighted by Crippen LogP contribution is 2.36. The number of aryl methyl sites for hydroxylation is 1. The minimum absolute atomic E-state index is 0.150. The van der Waals surface area contributed by atoms with Crippen LogP contribution in [0.15, 0.2) is 42.6 Å². The maximum atomic E-state index is 12.5. The molecule has 0 bridgehead atoms. The van der Waals surface area contributed by atoms with Gasteiger partial charge in [-0.1, -0.05) is 40.9 Å². The number of halogens is 2. The first-order valence-corrected chi connectivity index (χ1v) is 9.82. The Kier molecular flexibility index (Phi) is 4.65. The highest BCUT2D eigenvalue weighted by Gasteiger charge is 2.17. The van der Waals surface area contributed by atoms with E-state index in [2.05, 4.69) is 35.4 Å². The van der Waals surface area contributed by atoms with Gasteiger partial charge in [0.2, 0.25) is 0 Å². The standard InChI is InChI=1S/C20H16Cl2N2OS/c1-11-2-5-16-15(8-11)12(10-24-16)6-7-23-20(25)19-18(22)14-4-3-13(21)9-17(14)26-19/h2-5,8-10,24H,6-7H2,1H3,(H,23,25).